The summed E-state index contributed by atoms with van der Waals surface area (Å²) >= 11 is 0. The first-order valence-electron chi connectivity index (χ1n) is 5.46. The Balaban J connectivity index is 2.28. The van der Waals surface area contributed by atoms with Gasteiger partial charge < -0.3 is 10.6 Å². The second kappa shape index (κ2) is 4.77. The number of nitriles is 1. The molecule has 2 unspecified atom stereocenters. The van der Waals surface area contributed by atoms with Crippen LogP contribution < -0.4 is 5.73 Å². The summed E-state index contributed by atoms with van der Waals surface area (Å²) in [6.07, 6.45) is 3.40. The molecule has 0 aromatic carbocycles. The summed E-state index contributed by atoms with van der Waals surface area (Å²) in [6, 6.07) is 2.14. The minimum absolute atomic E-state index is 0.652. The van der Waals surface area contributed by atoms with Gasteiger partial charge in [0.05, 0.1) is 6.07 Å². The maximum Gasteiger partial charge on any atom is 0.102 e. The molecule has 1 aliphatic heterocycles. The topological polar surface area (TPSA) is 53.0 Å². The van der Waals surface area contributed by atoms with Crippen LogP contribution in [0.2, 0.25) is 0 Å². The predicted octanol–water partition coefficient (Wildman–Crippen LogP) is 1.35. The third-order valence-electron chi connectivity index (χ3n) is 2.94. The number of nitrogens with zero attached hydrogens (tertiary/aromatic N) is 2. The van der Waals surface area contributed by atoms with Crippen LogP contribution in [0.15, 0.2) is 0 Å². The van der Waals surface area contributed by atoms with Crippen LogP contribution >= 0.6 is 0 Å². The number of nitrogens with two attached hydrogens (primary N) is 1. The fraction of sp³-hybridized carbons (Fsp3) is 0.909. The van der Waals surface area contributed by atoms with Crippen LogP contribution in [0.4, 0.5) is 0 Å². The van der Waals surface area contributed by atoms with Gasteiger partial charge in [0.15, 0.2) is 0 Å². The molecular formula is C11H21N3. The average Bonchev–Trinajstić information content (AvgIpc) is 2.15. The number of likely N-dealkylation sites (tertiary alicyclic amines) is 1. The molecule has 1 fully saturated rings. The summed E-state index contributed by atoms with van der Waals surface area (Å²) in [5.74, 6) is 0.801. The molecule has 14 heavy (non-hydrogen) atoms. The zero-order valence-corrected chi connectivity index (χ0v) is 9.29. The van der Waals surface area contributed by atoms with E-state index in [4.69, 9.17) is 11.0 Å². The molecule has 0 bridgehead atoms. The molecule has 3 heteroatoms. The quantitative estimate of drug-likeness (QED) is 0.739. The minimum atomic E-state index is -0.652. The summed E-state index contributed by atoms with van der Waals surface area (Å²) in [4.78, 5) is 2.43. The lowest BCUT2D eigenvalue weighted by Gasteiger charge is -2.32. The van der Waals surface area contributed by atoms with Gasteiger partial charge in [-0.2, -0.15) is 5.26 Å². The third-order valence-corrected chi connectivity index (χ3v) is 2.94. The van der Waals surface area contributed by atoms with E-state index in [0.29, 0.717) is 0 Å². The van der Waals surface area contributed by atoms with Gasteiger partial charge in [-0.1, -0.05) is 6.92 Å². The van der Waals surface area contributed by atoms with Gasteiger partial charge in [0, 0.05) is 13.1 Å². The Hall–Kier alpha value is -0.590. The standard InChI is InChI=1S/C11H21N3/c1-10-4-3-6-14(8-10)7-5-11(2,13)9-12/h10H,3-8,13H2,1-2H3. The summed E-state index contributed by atoms with van der Waals surface area (Å²) in [5, 5.41) is 8.78. The van der Waals surface area contributed by atoms with E-state index < -0.39 is 5.54 Å². The molecule has 1 heterocycles. The molecule has 0 spiro atoms. The van der Waals surface area contributed by atoms with Crippen molar-refractivity contribution in [1.82, 2.24) is 4.90 Å². The van der Waals surface area contributed by atoms with Crippen LogP contribution in [0.25, 0.3) is 0 Å². The molecule has 80 valence electrons. The fourth-order valence-corrected chi connectivity index (χ4v) is 1.94. The first kappa shape index (κ1) is 11.5. The molecule has 1 aliphatic rings. The number of rotatable bonds is 3. The van der Waals surface area contributed by atoms with E-state index in [9.17, 15) is 0 Å². The van der Waals surface area contributed by atoms with Crippen molar-refractivity contribution in [1.29, 1.82) is 5.26 Å². The Labute approximate surface area is 86.9 Å². The SMILES string of the molecule is CC1CCCN(CCC(C)(N)C#N)C1. The van der Waals surface area contributed by atoms with E-state index in [1.54, 1.807) is 6.92 Å². The third kappa shape index (κ3) is 3.65. The lowest BCUT2D eigenvalue weighted by molar-refractivity contribution is 0.175. The monoisotopic (exact) mass is 195 g/mol. The van der Waals surface area contributed by atoms with Crippen molar-refractivity contribution in [3.05, 3.63) is 0 Å². The molecule has 1 saturated heterocycles. The van der Waals surface area contributed by atoms with Gasteiger partial charge in [-0.15, -0.1) is 0 Å². The summed E-state index contributed by atoms with van der Waals surface area (Å²) in [5.41, 5.74) is 5.13. The smallest absolute Gasteiger partial charge is 0.102 e. The molecule has 0 saturated carbocycles. The first-order valence-corrected chi connectivity index (χ1v) is 5.46. The maximum atomic E-state index is 8.78. The molecule has 2 atom stereocenters. The van der Waals surface area contributed by atoms with Gasteiger partial charge in [-0.05, 0) is 38.6 Å². The zero-order valence-electron chi connectivity index (χ0n) is 9.29. The molecule has 3 nitrogen and oxygen atoms in total. The molecule has 0 aromatic rings. The Bertz CT molecular complexity index is 217. The summed E-state index contributed by atoms with van der Waals surface area (Å²) in [7, 11) is 0. The Morgan fingerprint density at radius 1 is 1.64 bits per heavy atom. The van der Waals surface area contributed by atoms with Crippen LogP contribution in [0.1, 0.15) is 33.1 Å². The van der Waals surface area contributed by atoms with E-state index >= 15 is 0 Å². The summed E-state index contributed by atoms with van der Waals surface area (Å²) < 4.78 is 0. The fourth-order valence-electron chi connectivity index (χ4n) is 1.94. The van der Waals surface area contributed by atoms with Crippen molar-refractivity contribution < 1.29 is 0 Å². The van der Waals surface area contributed by atoms with Gasteiger partial charge in [0.2, 0.25) is 0 Å². The van der Waals surface area contributed by atoms with Gasteiger partial charge in [-0.3, -0.25) is 0 Å². The van der Waals surface area contributed by atoms with Crippen LogP contribution in [-0.2, 0) is 0 Å². The molecule has 0 aromatic heterocycles. The van der Waals surface area contributed by atoms with E-state index in [1.807, 2.05) is 0 Å². The van der Waals surface area contributed by atoms with Crippen molar-refractivity contribution in [2.75, 3.05) is 19.6 Å². The van der Waals surface area contributed by atoms with Crippen molar-refractivity contribution >= 4 is 0 Å². The van der Waals surface area contributed by atoms with Gasteiger partial charge in [0.1, 0.15) is 5.54 Å². The minimum Gasteiger partial charge on any atom is -0.314 e. The van der Waals surface area contributed by atoms with E-state index in [-0.39, 0.29) is 0 Å². The highest BCUT2D eigenvalue weighted by atomic mass is 15.1. The number of hydrogen-bond donors (Lipinski definition) is 1. The molecular weight excluding hydrogens is 174 g/mol. The van der Waals surface area contributed by atoms with E-state index in [0.717, 1.165) is 18.9 Å². The molecule has 2 N–H and O–H groups in total. The Morgan fingerprint density at radius 2 is 2.36 bits per heavy atom. The number of piperidine rings is 1. The second-order valence-electron chi connectivity index (χ2n) is 4.83. The highest BCUT2D eigenvalue weighted by Crippen LogP contribution is 2.16. The van der Waals surface area contributed by atoms with Crippen LogP contribution in [-0.4, -0.2) is 30.1 Å². The van der Waals surface area contributed by atoms with E-state index in [2.05, 4.69) is 17.9 Å². The highest BCUT2D eigenvalue weighted by Gasteiger charge is 2.21. The first-order chi connectivity index (χ1) is 6.53. The van der Waals surface area contributed by atoms with Crippen LogP contribution in [0.3, 0.4) is 0 Å². The Kier molecular flexibility index (Phi) is 3.91. The predicted molar refractivity (Wildman–Crippen MR) is 57.7 cm³/mol. The van der Waals surface area contributed by atoms with Gasteiger partial charge in [-0.25, -0.2) is 0 Å². The molecule has 0 aliphatic carbocycles. The van der Waals surface area contributed by atoms with Gasteiger partial charge in [0.25, 0.3) is 0 Å². The molecule has 0 radical (unpaired) electrons. The van der Waals surface area contributed by atoms with Crippen molar-refractivity contribution in [3.8, 4) is 6.07 Å². The normalized spacial score (nSPS) is 28.0. The lowest BCUT2D eigenvalue weighted by Crippen LogP contribution is -2.41. The zero-order chi connectivity index (χ0) is 10.6. The Morgan fingerprint density at radius 3 is 2.93 bits per heavy atom. The van der Waals surface area contributed by atoms with Crippen LogP contribution in [0.5, 0.6) is 0 Å². The molecule has 0 amide bonds. The molecule has 1 rings (SSSR count). The van der Waals surface area contributed by atoms with E-state index in [1.165, 1.54) is 25.9 Å². The summed E-state index contributed by atoms with van der Waals surface area (Å²) in [6.45, 7) is 7.40. The number of hydrogen-bond acceptors (Lipinski definition) is 3. The van der Waals surface area contributed by atoms with Crippen LogP contribution in [0, 0.1) is 17.2 Å². The van der Waals surface area contributed by atoms with Crippen molar-refractivity contribution in [2.24, 2.45) is 11.7 Å². The second-order valence-corrected chi connectivity index (χ2v) is 4.83. The lowest BCUT2D eigenvalue weighted by atomic mass is 9.97. The average molecular weight is 195 g/mol. The van der Waals surface area contributed by atoms with Crippen molar-refractivity contribution in [2.45, 2.75) is 38.6 Å². The highest BCUT2D eigenvalue weighted by molar-refractivity contribution is 5.01. The van der Waals surface area contributed by atoms with Gasteiger partial charge >= 0.3 is 0 Å². The largest absolute Gasteiger partial charge is 0.314 e. The maximum absolute atomic E-state index is 8.78. The van der Waals surface area contributed by atoms with Crippen molar-refractivity contribution in [3.63, 3.8) is 0 Å².